The van der Waals surface area contributed by atoms with E-state index in [2.05, 4.69) is 39.2 Å². The predicted molar refractivity (Wildman–Crippen MR) is 104 cm³/mol. The minimum Gasteiger partial charge on any atom is -0.345 e. The van der Waals surface area contributed by atoms with Gasteiger partial charge < -0.3 is 15.2 Å². The lowest BCUT2D eigenvalue weighted by atomic mass is 10.0. The Bertz CT molecular complexity index is 741. The predicted octanol–water partition coefficient (Wildman–Crippen LogP) is 3.76. The first-order valence-electron chi connectivity index (χ1n) is 9.37. The molecule has 3 rings (SSSR count). The lowest BCUT2D eigenvalue weighted by Crippen LogP contribution is -2.36. The molecule has 1 saturated heterocycles. The van der Waals surface area contributed by atoms with Crippen molar-refractivity contribution >= 4 is 11.7 Å². The van der Waals surface area contributed by atoms with Crippen LogP contribution < -0.4 is 5.32 Å². The van der Waals surface area contributed by atoms with Crippen molar-refractivity contribution in [1.82, 2.24) is 19.8 Å². The largest absolute Gasteiger partial charge is 0.345 e. The Morgan fingerprint density at radius 2 is 2.27 bits per heavy atom. The van der Waals surface area contributed by atoms with Gasteiger partial charge in [0, 0.05) is 37.2 Å². The van der Waals surface area contributed by atoms with Crippen LogP contribution >= 0.6 is 0 Å². The summed E-state index contributed by atoms with van der Waals surface area (Å²) in [5, 5.41) is 2.98. The molecule has 1 aromatic carbocycles. The van der Waals surface area contributed by atoms with Gasteiger partial charge in [-0.05, 0) is 50.9 Å². The topological polar surface area (TPSA) is 64.3 Å². The zero-order valence-corrected chi connectivity index (χ0v) is 16.0. The number of nitrogens with one attached hydrogen (secondary N) is 2. The molecule has 26 heavy (non-hydrogen) atoms. The molecule has 1 aliphatic rings. The van der Waals surface area contributed by atoms with Gasteiger partial charge in [-0.2, -0.15) is 0 Å². The number of imidazole rings is 1. The Morgan fingerprint density at radius 3 is 3.00 bits per heavy atom. The number of aromatic amines is 1. The van der Waals surface area contributed by atoms with E-state index >= 15 is 0 Å². The number of rotatable bonds is 5. The van der Waals surface area contributed by atoms with E-state index in [-0.39, 0.29) is 6.03 Å². The highest BCUT2D eigenvalue weighted by atomic mass is 16.2. The van der Waals surface area contributed by atoms with Gasteiger partial charge in [-0.3, -0.25) is 4.90 Å². The number of hydrogen-bond acceptors (Lipinski definition) is 3. The van der Waals surface area contributed by atoms with Crippen LogP contribution in [0.2, 0.25) is 0 Å². The number of nitrogens with zero attached hydrogens (tertiary/aromatic N) is 3. The quantitative estimate of drug-likeness (QED) is 0.858. The van der Waals surface area contributed by atoms with E-state index < -0.39 is 0 Å². The van der Waals surface area contributed by atoms with E-state index in [0.717, 1.165) is 30.3 Å². The van der Waals surface area contributed by atoms with E-state index in [1.165, 1.54) is 24.8 Å². The van der Waals surface area contributed by atoms with Crippen molar-refractivity contribution in [2.75, 3.05) is 18.9 Å². The zero-order chi connectivity index (χ0) is 18.5. The van der Waals surface area contributed by atoms with Crippen LogP contribution in [-0.4, -0.2) is 45.4 Å². The standard InChI is InChI=1S/C20H29N5O/c1-15-12-21-19(22-15)14-24(3)20(26)23-18-9-6-8-17(11-18)13-25-10-5-4-7-16(25)2/h6,8-9,11-12,16H,4-5,7,10,13-14H2,1-3H3,(H,21,22)(H,23,26). The maximum absolute atomic E-state index is 12.4. The van der Waals surface area contributed by atoms with Crippen molar-refractivity contribution in [3.05, 3.63) is 47.5 Å². The average Bonchev–Trinajstić information content (AvgIpc) is 3.02. The van der Waals surface area contributed by atoms with E-state index in [9.17, 15) is 4.79 Å². The first-order chi connectivity index (χ1) is 12.5. The van der Waals surface area contributed by atoms with Crippen molar-refractivity contribution in [2.45, 2.75) is 52.2 Å². The third-order valence-corrected chi connectivity index (χ3v) is 4.99. The van der Waals surface area contributed by atoms with Crippen LogP contribution in [0, 0.1) is 6.92 Å². The van der Waals surface area contributed by atoms with Crippen LogP contribution in [0.3, 0.4) is 0 Å². The summed E-state index contributed by atoms with van der Waals surface area (Å²) in [4.78, 5) is 24.0. The summed E-state index contributed by atoms with van der Waals surface area (Å²) in [7, 11) is 1.77. The van der Waals surface area contributed by atoms with Gasteiger partial charge in [0.2, 0.25) is 0 Å². The smallest absolute Gasteiger partial charge is 0.321 e. The fourth-order valence-corrected chi connectivity index (χ4v) is 3.44. The lowest BCUT2D eigenvalue weighted by Gasteiger charge is -2.33. The summed E-state index contributed by atoms with van der Waals surface area (Å²) in [6.07, 6.45) is 5.65. The number of piperidine rings is 1. The number of aryl methyl sites for hydroxylation is 1. The second-order valence-corrected chi connectivity index (χ2v) is 7.31. The molecule has 1 unspecified atom stereocenters. The SMILES string of the molecule is Cc1cnc(CN(C)C(=O)Nc2cccc(CN3CCCCC3C)c2)[nH]1. The number of urea groups is 1. The monoisotopic (exact) mass is 355 g/mol. The van der Waals surface area contributed by atoms with Gasteiger partial charge in [-0.25, -0.2) is 9.78 Å². The Balaban J connectivity index is 1.58. The van der Waals surface area contributed by atoms with Crippen LogP contribution in [0.5, 0.6) is 0 Å². The zero-order valence-electron chi connectivity index (χ0n) is 16.0. The molecule has 1 atom stereocenters. The summed E-state index contributed by atoms with van der Waals surface area (Å²) in [6.45, 7) is 6.79. The molecule has 0 saturated carbocycles. The highest BCUT2D eigenvalue weighted by Crippen LogP contribution is 2.20. The number of likely N-dealkylation sites (tertiary alicyclic amines) is 1. The Labute approximate surface area is 155 Å². The molecular weight excluding hydrogens is 326 g/mol. The van der Waals surface area contributed by atoms with Gasteiger partial charge >= 0.3 is 6.03 Å². The molecule has 1 aromatic heterocycles. The highest BCUT2D eigenvalue weighted by molar-refractivity contribution is 5.89. The van der Waals surface area contributed by atoms with Crippen molar-refractivity contribution in [3.8, 4) is 0 Å². The molecule has 0 radical (unpaired) electrons. The fourth-order valence-electron chi connectivity index (χ4n) is 3.44. The van der Waals surface area contributed by atoms with E-state index in [0.29, 0.717) is 12.6 Å². The summed E-state index contributed by atoms with van der Waals surface area (Å²) in [5.41, 5.74) is 3.06. The Hall–Kier alpha value is -2.34. The molecule has 2 amide bonds. The number of amides is 2. The van der Waals surface area contributed by atoms with Crippen LogP contribution in [0.1, 0.15) is 43.3 Å². The number of carbonyl (C=O) groups is 1. The maximum atomic E-state index is 12.4. The van der Waals surface area contributed by atoms with Gasteiger partial charge in [0.15, 0.2) is 0 Å². The van der Waals surface area contributed by atoms with Gasteiger partial charge in [0.05, 0.1) is 6.54 Å². The normalized spacial score (nSPS) is 17.9. The molecule has 2 aromatic rings. The second-order valence-electron chi connectivity index (χ2n) is 7.31. The number of carbonyl (C=O) groups excluding carboxylic acids is 1. The third kappa shape index (κ3) is 4.85. The first kappa shape index (κ1) is 18.5. The van der Waals surface area contributed by atoms with Crippen molar-refractivity contribution in [2.24, 2.45) is 0 Å². The van der Waals surface area contributed by atoms with E-state index in [4.69, 9.17) is 0 Å². The molecule has 6 nitrogen and oxygen atoms in total. The fraction of sp³-hybridized carbons (Fsp3) is 0.500. The van der Waals surface area contributed by atoms with Gasteiger partial charge in [-0.1, -0.05) is 18.6 Å². The molecule has 1 aliphatic heterocycles. The van der Waals surface area contributed by atoms with E-state index in [1.54, 1.807) is 18.1 Å². The molecule has 0 bridgehead atoms. The Morgan fingerprint density at radius 1 is 1.42 bits per heavy atom. The summed E-state index contributed by atoms with van der Waals surface area (Å²) < 4.78 is 0. The number of aromatic nitrogens is 2. The first-order valence-corrected chi connectivity index (χ1v) is 9.37. The summed E-state index contributed by atoms with van der Waals surface area (Å²) >= 11 is 0. The molecule has 0 aliphatic carbocycles. The minimum absolute atomic E-state index is 0.137. The van der Waals surface area contributed by atoms with Crippen molar-refractivity contribution in [3.63, 3.8) is 0 Å². The van der Waals surface area contributed by atoms with Crippen LogP contribution in [-0.2, 0) is 13.1 Å². The van der Waals surface area contributed by atoms with Gasteiger partial charge in [-0.15, -0.1) is 0 Å². The number of anilines is 1. The maximum Gasteiger partial charge on any atom is 0.321 e. The average molecular weight is 355 g/mol. The Kier molecular flexibility index (Phi) is 5.93. The molecule has 1 fully saturated rings. The minimum atomic E-state index is -0.137. The van der Waals surface area contributed by atoms with E-state index in [1.807, 2.05) is 19.1 Å². The molecule has 0 spiro atoms. The molecule has 6 heteroatoms. The summed E-state index contributed by atoms with van der Waals surface area (Å²) in [5.74, 6) is 0.785. The highest BCUT2D eigenvalue weighted by Gasteiger charge is 2.18. The number of H-pyrrole nitrogens is 1. The van der Waals surface area contributed by atoms with Crippen molar-refractivity contribution in [1.29, 1.82) is 0 Å². The molecule has 140 valence electrons. The summed E-state index contributed by atoms with van der Waals surface area (Å²) in [6, 6.07) is 8.64. The molecule has 2 heterocycles. The lowest BCUT2D eigenvalue weighted by molar-refractivity contribution is 0.152. The number of hydrogen-bond donors (Lipinski definition) is 2. The van der Waals surface area contributed by atoms with Gasteiger partial charge in [0.25, 0.3) is 0 Å². The second kappa shape index (κ2) is 8.36. The van der Waals surface area contributed by atoms with Gasteiger partial charge in [0.1, 0.15) is 5.82 Å². The van der Waals surface area contributed by atoms with Crippen molar-refractivity contribution < 1.29 is 4.79 Å². The van der Waals surface area contributed by atoms with Crippen LogP contribution in [0.4, 0.5) is 10.5 Å². The molecule has 2 N–H and O–H groups in total. The van der Waals surface area contributed by atoms with Crippen LogP contribution in [0.15, 0.2) is 30.5 Å². The molecular formula is C20H29N5O. The van der Waals surface area contributed by atoms with Crippen LogP contribution in [0.25, 0.3) is 0 Å². The third-order valence-electron chi connectivity index (χ3n) is 4.99. The number of benzene rings is 1.